The van der Waals surface area contributed by atoms with E-state index in [1.54, 1.807) is 41.8 Å². The van der Waals surface area contributed by atoms with Crippen molar-refractivity contribution in [2.24, 2.45) is 0 Å². The number of pyridine rings is 1. The van der Waals surface area contributed by atoms with E-state index in [2.05, 4.69) is 5.32 Å². The predicted octanol–water partition coefficient (Wildman–Crippen LogP) is 5.29. The second kappa shape index (κ2) is 18.6. The van der Waals surface area contributed by atoms with Crippen molar-refractivity contribution in [2.45, 2.75) is 64.0 Å². The third kappa shape index (κ3) is 9.86. The lowest BCUT2D eigenvalue weighted by Gasteiger charge is -2.35. The van der Waals surface area contributed by atoms with Gasteiger partial charge in [0.15, 0.2) is 11.6 Å². The summed E-state index contributed by atoms with van der Waals surface area (Å²) in [5.74, 6) is -4.16. The number of halogens is 1. The summed E-state index contributed by atoms with van der Waals surface area (Å²) < 4.78 is 43.6. The van der Waals surface area contributed by atoms with Crippen LogP contribution in [0.1, 0.15) is 89.1 Å². The van der Waals surface area contributed by atoms with E-state index in [1.165, 1.54) is 24.6 Å². The number of esters is 4. The van der Waals surface area contributed by atoms with E-state index < -0.39 is 47.8 Å². The van der Waals surface area contributed by atoms with Crippen molar-refractivity contribution in [1.82, 2.24) is 9.88 Å². The molecular formula is C41H44FN3O11S. The van der Waals surface area contributed by atoms with Crippen LogP contribution in [0.5, 0.6) is 5.75 Å². The fraction of sp³-hybridized carbons (Fsp3) is 0.415. The number of nitrogens with one attached hydrogen (secondary N) is 1. The summed E-state index contributed by atoms with van der Waals surface area (Å²) in [5, 5.41) is 5.12. The van der Waals surface area contributed by atoms with Gasteiger partial charge in [-0.1, -0.05) is 30.3 Å². The fourth-order valence-corrected chi connectivity index (χ4v) is 7.27. The quantitative estimate of drug-likeness (QED) is 0.0481. The van der Waals surface area contributed by atoms with Crippen LogP contribution in [0, 0.1) is 5.82 Å². The lowest BCUT2D eigenvalue weighted by Crippen LogP contribution is -2.49. The van der Waals surface area contributed by atoms with E-state index >= 15 is 4.39 Å². The molecule has 2 aromatic carbocycles. The predicted molar refractivity (Wildman–Crippen MR) is 207 cm³/mol. The van der Waals surface area contributed by atoms with Crippen LogP contribution in [0.15, 0.2) is 58.8 Å². The van der Waals surface area contributed by atoms with Gasteiger partial charge < -0.3 is 38.5 Å². The number of rotatable bonds is 17. The topological polar surface area (TPSA) is 169 Å². The van der Waals surface area contributed by atoms with Crippen molar-refractivity contribution >= 4 is 57.6 Å². The first-order chi connectivity index (χ1) is 27.5. The van der Waals surface area contributed by atoms with Gasteiger partial charge in [-0.2, -0.15) is 0 Å². The number of piperazine rings is 1. The molecule has 57 heavy (non-hydrogen) atoms. The molecule has 1 saturated carbocycles. The van der Waals surface area contributed by atoms with E-state index in [-0.39, 0.29) is 72.7 Å². The average Bonchev–Trinajstić information content (AvgIpc) is 3.91. The van der Waals surface area contributed by atoms with Gasteiger partial charge >= 0.3 is 23.9 Å². The molecule has 1 aliphatic heterocycles. The molecule has 1 saturated heterocycles. The minimum absolute atomic E-state index is 0.00112. The number of carbonyl (C=O) groups excluding carboxylic acids is 5. The number of methoxy groups -OCH3 is 1. The molecule has 2 aromatic heterocycles. The Labute approximate surface area is 331 Å². The Bertz CT molecular complexity index is 2180. The summed E-state index contributed by atoms with van der Waals surface area (Å²) in [7, 11) is 1.42. The highest BCUT2D eigenvalue weighted by Gasteiger charge is 2.32. The molecule has 0 amide bonds. The van der Waals surface area contributed by atoms with Gasteiger partial charge in [0.05, 0.1) is 54.9 Å². The smallest absolute Gasteiger partial charge is 0.346 e. The summed E-state index contributed by atoms with van der Waals surface area (Å²) >= 11 is 1.36. The van der Waals surface area contributed by atoms with Gasteiger partial charge in [-0.3, -0.25) is 24.0 Å². The van der Waals surface area contributed by atoms with Gasteiger partial charge in [-0.05, 0) is 49.8 Å². The van der Waals surface area contributed by atoms with Gasteiger partial charge in [-0.25, -0.2) is 9.18 Å². The maximum atomic E-state index is 15.7. The zero-order chi connectivity index (χ0) is 40.6. The van der Waals surface area contributed by atoms with E-state index in [1.807, 2.05) is 23.3 Å². The Hall–Kier alpha value is -5.61. The Balaban J connectivity index is 0.926. The monoisotopic (exact) mass is 805 g/mol. The largest absolute Gasteiger partial charge is 0.492 e. The first kappa shape index (κ1) is 41.0. The minimum Gasteiger partial charge on any atom is -0.492 e. The van der Waals surface area contributed by atoms with E-state index in [0.717, 1.165) is 18.9 Å². The highest BCUT2D eigenvalue weighted by Crippen LogP contribution is 2.44. The molecule has 2 aliphatic rings. The summed E-state index contributed by atoms with van der Waals surface area (Å²) in [6.07, 6.45) is 2.51. The van der Waals surface area contributed by atoms with Crippen LogP contribution in [0.2, 0.25) is 0 Å². The van der Waals surface area contributed by atoms with Crippen molar-refractivity contribution in [1.29, 1.82) is 0 Å². The van der Waals surface area contributed by atoms with Crippen LogP contribution in [-0.4, -0.2) is 87.0 Å². The molecule has 16 heteroatoms. The number of fused-ring (bicyclic) bond motifs is 1. The number of carbonyl (C=O) groups is 5. The van der Waals surface area contributed by atoms with Crippen molar-refractivity contribution in [3.05, 3.63) is 91.6 Å². The van der Waals surface area contributed by atoms with Crippen LogP contribution < -0.4 is 20.4 Å². The SMILES string of the molecule is COc1c(N2CCNC(C)C2)c(F)cc2c(=O)c(C(=O)OCOC(=O)CCC(=O)OCCCOC(=O)C(C)c3ccc(C(=O)c4cccs4)cc3)cn(C3CC3)c12. The van der Waals surface area contributed by atoms with Crippen LogP contribution in [0.4, 0.5) is 10.1 Å². The summed E-state index contributed by atoms with van der Waals surface area (Å²) in [6, 6.07) is 11.5. The first-order valence-corrected chi connectivity index (χ1v) is 19.6. The normalized spacial score (nSPS) is 15.8. The van der Waals surface area contributed by atoms with Gasteiger partial charge in [0.1, 0.15) is 11.3 Å². The van der Waals surface area contributed by atoms with E-state index in [0.29, 0.717) is 41.2 Å². The number of thiophene rings is 1. The van der Waals surface area contributed by atoms with Crippen LogP contribution >= 0.6 is 11.3 Å². The summed E-state index contributed by atoms with van der Waals surface area (Å²) in [4.78, 5) is 78.6. The number of nitrogens with zero attached hydrogens (tertiary/aromatic N) is 2. The molecule has 2 unspecified atom stereocenters. The van der Waals surface area contributed by atoms with Crippen LogP contribution in [0.25, 0.3) is 10.9 Å². The van der Waals surface area contributed by atoms with Gasteiger partial charge in [0.2, 0.25) is 18.0 Å². The van der Waals surface area contributed by atoms with Gasteiger partial charge in [0, 0.05) is 49.9 Å². The molecule has 1 aliphatic carbocycles. The second-order valence-electron chi connectivity index (χ2n) is 13.9. The van der Waals surface area contributed by atoms with E-state index in [9.17, 15) is 28.8 Å². The van der Waals surface area contributed by atoms with Crippen LogP contribution in [0.3, 0.4) is 0 Å². The summed E-state index contributed by atoms with van der Waals surface area (Å²) in [5.41, 5.74) is 0.755. The third-order valence-electron chi connectivity index (χ3n) is 9.76. The molecule has 14 nitrogen and oxygen atoms in total. The number of ether oxygens (including phenoxy) is 5. The number of ketones is 1. The molecule has 0 spiro atoms. The maximum absolute atomic E-state index is 15.7. The molecule has 2 fully saturated rings. The lowest BCUT2D eigenvalue weighted by atomic mass is 9.98. The number of benzene rings is 2. The zero-order valence-electron chi connectivity index (χ0n) is 31.9. The number of anilines is 1. The maximum Gasteiger partial charge on any atom is 0.346 e. The molecule has 2 atom stereocenters. The van der Waals surface area contributed by atoms with E-state index in [4.69, 9.17) is 23.7 Å². The first-order valence-electron chi connectivity index (χ1n) is 18.7. The fourth-order valence-electron chi connectivity index (χ4n) is 6.58. The Morgan fingerprint density at radius 3 is 2.37 bits per heavy atom. The highest BCUT2D eigenvalue weighted by molar-refractivity contribution is 7.12. The molecule has 1 N–H and O–H groups in total. The molecule has 302 valence electrons. The number of hydrogen-bond donors (Lipinski definition) is 1. The Morgan fingerprint density at radius 2 is 1.70 bits per heavy atom. The van der Waals surface area contributed by atoms with Crippen LogP contribution in [-0.2, 0) is 33.3 Å². The van der Waals surface area contributed by atoms with Crippen molar-refractivity contribution in [2.75, 3.05) is 51.7 Å². The van der Waals surface area contributed by atoms with Crippen molar-refractivity contribution in [3.63, 3.8) is 0 Å². The molecule has 4 aromatic rings. The minimum atomic E-state index is -1.06. The van der Waals surface area contributed by atoms with Crippen molar-refractivity contribution < 1.29 is 52.0 Å². The molecule has 0 radical (unpaired) electrons. The average molecular weight is 806 g/mol. The van der Waals surface area contributed by atoms with Crippen molar-refractivity contribution in [3.8, 4) is 5.75 Å². The Morgan fingerprint density at radius 1 is 0.982 bits per heavy atom. The Kier molecular flexibility index (Phi) is 13.4. The molecule has 3 heterocycles. The van der Waals surface area contributed by atoms with Gasteiger partial charge in [0.25, 0.3) is 0 Å². The zero-order valence-corrected chi connectivity index (χ0v) is 32.7. The highest BCUT2D eigenvalue weighted by atomic mass is 32.1. The summed E-state index contributed by atoms with van der Waals surface area (Å²) in [6.45, 7) is 4.55. The molecule has 0 bridgehead atoms. The lowest BCUT2D eigenvalue weighted by molar-refractivity contribution is -0.156. The van der Waals surface area contributed by atoms with Gasteiger partial charge in [-0.15, -0.1) is 11.3 Å². The molecular weight excluding hydrogens is 762 g/mol. The number of hydrogen-bond acceptors (Lipinski definition) is 14. The third-order valence-corrected chi connectivity index (χ3v) is 10.6. The number of aromatic nitrogens is 1. The second-order valence-corrected chi connectivity index (χ2v) is 14.9. The molecule has 6 rings (SSSR count). The standard InChI is InChI=1S/C41H44FN3O11S/c1-24-21-44(16-15-43-24)36-31(42)20-29-35(39(36)52-3)45(28-11-12-28)22-30(38(29)49)41(51)56-23-55-34(47)14-13-33(46)53-17-5-18-54-40(50)25(2)26-7-9-27(10-8-26)37(48)32-6-4-19-57-32/h4,6-10,19-20,22,24-25,28,43H,5,11-18,21,23H2,1-3H3.